The summed E-state index contributed by atoms with van der Waals surface area (Å²) in [7, 11) is 0. The van der Waals surface area contributed by atoms with E-state index in [1.54, 1.807) is 0 Å². The van der Waals surface area contributed by atoms with Crippen LogP contribution in [0.3, 0.4) is 0 Å². The Hall–Kier alpha value is -2.48. The van der Waals surface area contributed by atoms with Crippen LogP contribution in [0.5, 0.6) is 11.5 Å². The van der Waals surface area contributed by atoms with Crippen LogP contribution in [-0.4, -0.2) is 10.2 Å². The Labute approximate surface area is 103 Å². The van der Waals surface area contributed by atoms with E-state index in [4.69, 9.17) is 0 Å². The van der Waals surface area contributed by atoms with Crippen molar-refractivity contribution in [1.82, 2.24) is 0 Å². The van der Waals surface area contributed by atoms with E-state index in [-0.39, 0.29) is 11.5 Å². The van der Waals surface area contributed by atoms with Gasteiger partial charge in [0.25, 0.3) is 0 Å². The van der Waals surface area contributed by atoms with Crippen LogP contribution in [0, 0.1) is 0 Å². The zero-order chi connectivity index (χ0) is 12.3. The van der Waals surface area contributed by atoms with Gasteiger partial charge in [-0.05, 0) is 21.5 Å². The average Bonchev–Trinajstić information content (AvgIpc) is 2.42. The molecule has 0 atom stereocenters. The second kappa shape index (κ2) is 3.05. The topological polar surface area (TPSA) is 40.5 Å². The molecule has 0 aliphatic carbocycles. The van der Waals surface area contributed by atoms with Crippen LogP contribution in [0.15, 0.2) is 48.5 Å². The normalized spacial score (nSPS) is 11.8. The number of fused-ring (bicyclic) bond motifs is 1. The van der Waals surface area contributed by atoms with Crippen molar-refractivity contribution in [3.05, 3.63) is 48.5 Å². The third-order valence-electron chi connectivity index (χ3n) is 3.63. The maximum Gasteiger partial charge on any atom is 0.166 e. The predicted octanol–water partition coefficient (Wildman–Crippen LogP) is 4.00. The lowest BCUT2D eigenvalue weighted by Crippen LogP contribution is -1.87. The molecule has 0 aromatic heterocycles. The summed E-state index contributed by atoms with van der Waals surface area (Å²) in [4.78, 5) is 0. The minimum Gasteiger partial charge on any atom is -0.504 e. The van der Waals surface area contributed by atoms with Gasteiger partial charge in [-0.15, -0.1) is 0 Å². The van der Waals surface area contributed by atoms with Gasteiger partial charge in [0.05, 0.1) is 0 Å². The molecule has 0 heterocycles. The van der Waals surface area contributed by atoms with E-state index in [2.05, 4.69) is 0 Å². The summed E-state index contributed by atoms with van der Waals surface area (Å²) in [6.07, 6.45) is 0. The van der Waals surface area contributed by atoms with Crippen LogP contribution in [0.2, 0.25) is 0 Å². The molecule has 5 rings (SSSR count). The van der Waals surface area contributed by atoms with Crippen molar-refractivity contribution in [2.24, 2.45) is 0 Å². The van der Waals surface area contributed by atoms with E-state index in [9.17, 15) is 10.2 Å². The van der Waals surface area contributed by atoms with Gasteiger partial charge in [-0.3, -0.25) is 0 Å². The lowest BCUT2D eigenvalue weighted by atomic mass is 9.90. The fraction of sp³-hybridized carbons (Fsp3) is 0. The van der Waals surface area contributed by atoms with Gasteiger partial charge >= 0.3 is 0 Å². The summed E-state index contributed by atoms with van der Waals surface area (Å²) in [5, 5.41) is 25.7. The van der Waals surface area contributed by atoms with Gasteiger partial charge in [-0.25, -0.2) is 0 Å². The smallest absolute Gasteiger partial charge is 0.166 e. The molecule has 18 heavy (non-hydrogen) atoms. The molecule has 0 saturated heterocycles. The number of aromatic hydroxyl groups is 2. The third kappa shape index (κ3) is 0.938. The zero-order valence-corrected chi connectivity index (χ0v) is 9.51. The first-order chi connectivity index (χ1) is 8.79. The monoisotopic (exact) mass is 234 g/mol. The first-order valence-corrected chi connectivity index (χ1v) is 5.85. The van der Waals surface area contributed by atoms with Gasteiger partial charge in [-0.2, -0.15) is 0 Å². The van der Waals surface area contributed by atoms with Crippen LogP contribution >= 0.6 is 0 Å². The Bertz CT molecular complexity index is 759. The van der Waals surface area contributed by atoms with E-state index in [0.717, 1.165) is 32.3 Å². The largest absolute Gasteiger partial charge is 0.504 e. The highest BCUT2D eigenvalue weighted by atomic mass is 16.3. The van der Waals surface area contributed by atoms with Gasteiger partial charge in [0.1, 0.15) is 0 Å². The van der Waals surface area contributed by atoms with Gasteiger partial charge < -0.3 is 10.2 Å². The van der Waals surface area contributed by atoms with Crippen molar-refractivity contribution in [2.45, 2.75) is 0 Å². The molecule has 0 saturated carbocycles. The second-order valence-electron chi connectivity index (χ2n) is 4.54. The molecule has 0 aliphatic heterocycles. The summed E-state index contributed by atoms with van der Waals surface area (Å²) in [6, 6.07) is 15.7. The van der Waals surface area contributed by atoms with E-state index in [0.29, 0.717) is 0 Å². The van der Waals surface area contributed by atoms with E-state index < -0.39 is 0 Å². The molecule has 5 aromatic carbocycles. The molecule has 0 spiro atoms. The number of hydrogen-bond acceptors (Lipinski definition) is 2. The molecule has 2 bridgehead atoms. The van der Waals surface area contributed by atoms with Gasteiger partial charge in [0.15, 0.2) is 11.5 Å². The zero-order valence-electron chi connectivity index (χ0n) is 9.51. The SMILES string of the molecule is Oc1c(O)c2c3ccccc3c1c1ccccc12. The molecule has 5 aromatic rings. The summed E-state index contributed by atoms with van der Waals surface area (Å²) < 4.78 is 0. The fourth-order valence-corrected chi connectivity index (χ4v) is 2.88. The standard InChI is InChI=1S/C16H10O2/c17-15-13-9-5-1-2-6-10(9)14(16(15)18)12-8-4-3-7-11(12)13/h1-8,17-18H. The van der Waals surface area contributed by atoms with Gasteiger partial charge in [0.2, 0.25) is 0 Å². The van der Waals surface area contributed by atoms with Crippen molar-refractivity contribution in [2.75, 3.05) is 0 Å². The number of phenolic OH excluding ortho intramolecular Hbond substituents is 2. The van der Waals surface area contributed by atoms with Crippen molar-refractivity contribution in [3.63, 3.8) is 0 Å². The molecule has 86 valence electrons. The number of rotatable bonds is 0. The van der Waals surface area contributed by atoms with Crippen molar-refractivity contribution in [1.29, 1.82) is 0 Å². The molecule has 0 aliphatic rings. The Kier molecular flexibility index (Phi) is 1.61. The number of phenols is 4. The number of benzene rings is 5. The van der Waals surface area contributed by atoms with Crippen molar-refractivity contribution in [3.8, 4) is 11.5 Å². The predicted molar refractivity (Wildman–Crippen MR) is 73.5 cm³/mol. The lowest BCUT2D eigenvalue weighted by molar-refractivity contribution is 0.412. The minimum absolute atomic E-state index is 0.0117. The Morgan fingerprint density at radius 2 is 0.778 bits per heavy atom. The summed E-state index contributed by atoms with van der Waals surface area (Å²) in [6.45, 7) is 0. The third-order valence-corrected chi connectivity index (χ3v) is 3.63. The minimum atomic E-state index is -0.0117. The summed E-state index contributed by atoms with van der Waals surface area (Å²) in [5.41, 5.74) is 0. The molecule has 0 fully saturated rings. The first-order valence-electron chi connectivity index (χ1n) is 5.85. The molecule has 2 N–H and O–H groups in total. The van der Waals surface area contributed by atoms with Gasteiger partial charge in [-0.1, -0.05) is 48.5 Å². The maximum atomic E-state index is 10.1. The summed E-state index contributed by atoms with van der Waals surface area (Å²) in [5.74, 6) is -0.0233. The van der Waals surface area contributed by atoms with Crippen molar-refractivity contribution < 1.29 is 10.2 Å². The van der Waals surface area contributed by atoms with Crippen LogP contribution in [0.1, 0.15) is 0 Å². The molecule has 2 nitrogen and oxygen atoms in total. The summed E-state index contributed by atoms with van der Waals surface area (Å²) >= 11 is 0. The molecule has 0 unspecified atom stereocenters. The molecule has 2 heteroatoms. The fourth-order valence-electron chi connectivity index (χ4n) is 2.88. The van der Waals surface area contributed by atoms with Crippen LogP contribution in [0.4, 0.5) is 0 Å². The van der Waals surface area contributed by atoms with E-state index >= 15 is 0 Å². The van der Waals surface area contributed by atoms with Crippen LogP contribution < -0.4 is 0 Å². The van der Waals surface area contributed by atoms with Crippen LogP contribution in [0.25, 0.3) is 32.3 Å². The second-order valence-corrected chi connectivity index (χ2v) is 4.54. The Balaban J connectivity index is 2.52. The van der Waals surface area contributed by atoms with E-state index in [1.807, 2.05) is 48.5 Å². The molecule has 0 amide bonds. The highest BCUT2D eigenvalue weighted by Crippen LogP contribution is 2.49. The quantitative estimate of drug-likeness (QED) is 0.356. The lowest BCUT2D eigenvalue weighted by Gasteiger charge is -2.16. The molecular formula is C16H10O2. The highest BCUT2D eigenvalue weighted by molar-refractivity contribution is 6.31. The van der Waals surface area contributed by atoms with E-state index in [1.165, 1.54) is 0 Å². The highest BCUT2D eigenvalue weighted by Gasteiger charge is 2.19. The maximum absolute atomic E-state index is 10.1. The van der Waals surface area contributed by atoms with Crippen molar-refractivity contribution >= 4 is 32.3 Å². The first kappa shape index (κ1) is 9.54. The average molecular weight is 234 g/mol. The Morgan fingerprint density at radius 1 is 0.500 bits per heavy atom. The van der Waals surface area contributed by atoms with Gasteiger partial charge in [0, 0.05) is 10.8 Å². The molecule has 0 radical (unpaired) electrons. The van der Waals surface area contributed by atoms with Crippen LogP contribution in [-0.2, 0) is 0 Å². The number of hydrogen-bond donors (Lipinski definition) is 2. The Morgan fingerprint density at radius 3 is 1.06 bits per heavy atom. The molecular weight excluding hydrogens is 224 g/mol.